The number of carbonyl (C=O) groups excluding carboxylic acids is 1. The Morgan fingerprint density at radius 3 is 2.82 bits per heavy atom. The minimum atomic E-state index is -1.04. The van der Waals surface area contributed by atoms with Crippen molar-refractivity contribution in [3.63, 3.8) is 0 Å². The van der Waals surface area contributed by atoms with Gasteiger partial charge in [0.05, 0.1) is 6.61 Å². The fourth-order valence-corrected chi connectivity index (χ4v) is 3.75. The van der Waals surface area contributed by atoms with Gasteiger partial charge in [0.1, 0.15) is 5.75 Å². The molecule has 3 nitrogen and oxygen atoms in total. The molecule has 1 saturated carbocycles. The Hall–Kier alpha value is -0.380. The number of rotatable bonds is 6. The first-order valence-corrected chi connectivity index (χ1v) is 8.04. The largest absolute Gasteiger partial charge is 0.465 e. The molecule has 0 aromatic rings. The van der Waals surface area contributed by atoms with Gasteiger partial charge in [-0.25, -0.2) is 0 Å². The van der Waals surface area contributed by atoms with Crippen LogP contribution >= 0.6 is 0 Å². The lowest BCUT2D eigenvalue weighted by Crippen LogP contribution is -2.28. The molecule has 100 valence electrons. The molecule has 0 aromatic carbocycles. The average Bonchev–Trinajstić information content (AvgIpc) is 2.29. The van der Waals surface area contributed by atoms with Crippen LogP contribution in [0, 0.1) is 5.92 Å². The van der Waals surface area contributed by atoms with Crippen molar-refractivity contribution in [3.05, 3.63) is 0 Å². The Labute approximate surface area is 107 Å². The molecule has 0 bridgehead atoms. The summed E-state index contributed by atoms with van der Waals surface area (Å²) in [4.78, 5) is 11.4. The molecule has 0 radical (unpaired) electrons. The summed E-state index contributed by atoms with van der Waals surface area (Å²) in [5.41, 5.74) is 0. The third-order valence-electron chi connectivity index (χ3n) is 3.28. The van der Waals surface area contributed by atoms with E-state index in [0.29, 0.717) is 12.5 Å². The van der Waals surface area contributed by atoms with Crippen LogP contribution in [0.2, 0.25) is 0 Å². The molecule has 0 spiro atoms. The molecule has 0 amide bonds. The van der Waals surface area contributed by atoms with Crippen molar-refractivity contribution < 1.29 is 13.7 Å². The molecular weight excluding hydrogens is 236 g/mol. The average molecular weight is 260 g/mol. The molecule has 0 saturated heterocycles. The fourth-order valence-electron chi connectivity index (χ4n) is 2.22. The van der Waals surface area contributed by atoms with Crippen molar-refractivity contribution in [2.75, 3.05) is 12.4 Å². The van der Waals surface area contributed by atoms with E-state index in [0.717, 1.165) is 32.1 Å². The molecule has 1 aliphatic carbocycles. The molecule has 0 aliphatic heterocycles. The summed E-state index contributed by atoms with van der Waals surface area (Å²) in [6.07, 6.45) is 6.26. The fraction of sp³-hybridized carbons (Fsp3) is 0.923. The van der Waals surface area contributed by atoms with E-state index in [1.54, 1.807) is 0 Å². The van der Waals surface area contributed by atoms with Crippen molar-refractivity contribution in [1.29, 1.82) is 0 Å². The summed E-state index contributed by atoms with van der Waals surface area (Å²) < 4.78 is 17.0. The molecule has 4 heteroatoms. The molecular formula is C13H24O3S. The molecule has 0 heterocycles. The van der Waals surface area contributed by atoms with Crippen LogP contribution in [-0.2, 0) is 20.3 Å². The summed E-state index contributed by atoms with van der Waals surface area (Å²) in [5.74, 6) is 0.435. The monoisotopic (exact) mass is 260 g/mol. The third kappa shape index (κ3) is 5.66. The zero-order valence-electron chi connectivity index (χ0n) is 10.9. The first kappa shape index (κ1) is 14.7. The zero-order chi connectivity index (χ0) is 12.7. The highest BCUT2D eigenvalue weighted by Gasteiger charge is 2.25. The summed E-state index contributed by atoms with van der Waals surface area (Å²) in [7, 11) is -1.04. The van der Waals surface area contributed by atoms with Crippen LogP contribution in [0.5, 0.6) is 0 Å². The molecule has 0 aromatic heterocycles. The van der Waals surface area contributed by atoms with Crippen molar-refractivity contribution in [2.24, 2.45) is 5.92 Å². The molecule has 1 aliphatic rings. The maximum Gasteiger partial charge on any atom is 0.318 e. The number of ether oxygens (including phenoxy) is 1. The normalized spacial score (nSPS) is 26.5. The van der Waals surface area contributed by atoms with Gasteiger partial charge < -0.3 is 4.74 Å². The Morgan fingerprint density at radius 2 is 2.18 bits per heavy atom. The van der Waals surface area contributed by atoms with Gasteiger partial charge in [-0.3, -0.25) is 9.00 Å². The highest BCUT2D eigenvalue weighted by Crippen LogP contribution is 2.27. The Morgan fingerprint density at radius 1 is 1.41 bits per heavy atom. The molecule has 1 fully saturated rings. The number of carbonyl (C=O) groups is 1. The van der Waals surface area contributed by atoms with Gasteiger partial charge in [0.25, 0.3) is 0 Å². The first-order chi connectivity index (χ1) is 8.13. The summed E-state index contributed by atoms with van der Waals surface area (Å²) in [5, 5.41) is 0.206. The van der Waals surface area contributed by atoms with E-state index in [1.807, 2.05) is 0 Å². The lowest BCUT2D eigenvalue weighted by atomic mass is 9.91. The predicted octanol–water partition coefficient (Wildman–Crippen LogP) is 2.66. The van der Waals surface area contributed by atoms with Crippen LogP contribution in [0.1, 0.15) is 52.4 Å². The number of hydrogen-bond donors (Lipinski definition) is 0. The predicted molar refractivity (Wildman–Crippen MR) is 70.3 cm³/mol. The van der Waals surface area contributed by atoms with E-state index >= 15 is 0 Å². The third-order valence-corrected chi connectivity index (χ3v) is 4.97. The second-order valence-corrected chi connectivity index (χ2v) is 6.71. The second kappa shape index (κ2) is 7.85. The van der Waals surface area contributed by atoms with Crippen molar-refractivity contribution in [3.8, 4) is 0 Å². The number of unbranched alkanes of at least 4 members (excludes halogenated alkanes) is 1. The van der Waals surface area contributed by atoms with Crippen LogP contribution in [0.25, 0.3) is 0 Å². The number of esters is 1. The summed E-state index contributed by atoms with van der Waals surface area (Å²) >= 11 is 0. The standard InChI is InChI=1S/C13H24O3S/c1-3-4-8-16-13(14)10-17(15)12-7-5-6-11(2)9-12/h11-12H,3-10H2,1-2H3. The van der Waals surface area contributed by atoms with Crippen LogP contribution in [0.3, 0.4) is 0 Å². The quantitative estimate of drug-likeness (QED) is 0.545. The van der Waals surface area contributed by atoms with E-state index in [-0.39, 0.29) is 17.0 Å². The van der Waals surface area contributed by atoms with Gasteiger partial charge >= 0.3 is 5.97 Å². The molecule has 3 unspecified atom stereocenters. The second-order valence-electron chi connectivity index (χ2n) is 4.99. The molecule has 3 atom stereocenters. The van der Waals surface area contributed by atoms with Crippen molar-refractivity contribution in [1.82, 2.24) is 0 Å². The topological polar surface area (TPSA) is 43.4 Å². The van der Waals surface area contributed by atoms with Crippen LogP contribution in [0.4, 0.5) is 0 Å². The summed E-state index contributed by atoms with van der Waals surface area (Å²) in [6.45, 7) is 4.71. The van der Waals surface area contributed by atoms with E-state index in [2.05, 4.69) is 13.8 Å². The van der Waals surface area contributed by atoms with Gasteiger partial charge in [-0.1, -0.05) is 33.1 Å². The zero-order valence-corrected chi connectivity index (χ0v) is 11.8. The van der Waals surface area contributed by atoms with E-state index in [4.69, 9.17) is 4.74 Å². The van der Waals surface area contributed by atoms with E-state index in [9.17, 15) is 9.00 Å². The molecule has 17 heavy (non-hydrogen) atoms. The Kier molecular flexibility index (Phi) is 6.78. The van der Waals surface area contributed by atoms with Gasteiger partial charge in [-0.05, 0) is 25.2 Å². The lowest BCUT2D eigenvalue weighted by Gasteiger charge is -2.25. The highest BCUT2D eigenvalue weighted by molar-refractivity contribution is 7.86. The van der Waals surface area contributed by atoms with Gasteiger partial charge in [0.2, 0.25) is 0 Å². The molecule has 1 rings (SSSR count). The Bertz CT molecular complexity index is 265. The maximum atomic E-state index is 12.0. The van der Waals surface area contributed by atoms with Gasteiger partial charge in [0, 0.05) is 16.0 Å². The lowest BCUT2D eigenvalue weighted by molar-refractivity contribution is -0.140. The maximum absolute atomic E-state index is 12.0. The van der Waals surface area contributed by atoms with E-state index < -0.39 is 10.8 Å². The van der Waals surface area contributed by atoms with Gasteiger partial charge in [-0.15, -0.1) is 0 Å². The van der Waals surface area contributed by atoms with Crippen LogP contribution in [-0.4, -0.2) is 27.8 Å². The van der Waals surface area contributed by atoms with Gasteiger partial charge in [-0.2, -0.15) is 0 Å². The highest BCUT2D eigenvalue weighted by atomic mass is 32.2. The number of hydrogen-bond acceptors (Lipinski definition) is 3. The smallest absolute Gasteiger partial charge is 0.318 e. The SMILES string of the molecule is CCCCOC(=O)CS(=O)C1CCCC(C)C1. The minimum absolute atomic E-state index is 0.0844. The van der Waals surface area contributed by atoms with Crippen LogP contribution in [0.15, 0.2) is 0 Å². The Balaban J connectivity index is 2.25. The van der Waals surface area contributed by atoms with Crippen LogP contribution < -0.4 is 0 Å². The van der Waals surface area contributed by atoms with Crippen molar-refractivity contribution in [2.45, 2.75) is 57.6 Å². The van der Waals surface area contributed by atoms with Gasteiger partial charge in [0.15, 0.2) is 0 Å². The minimum Gasteiger partial charge on any atom is -0.465 e. The van der Waals surface area contributed by atoms with Crippen molar-refractivity contribution >= 4 is 16.8 Å². The van der Waals surface area contributed by atoms with E-state index in [1.165, 1.54) is 6.42 Å². The molecule has 0 N–H and O–H groups in total. The first-order valence-electron chi connectivity index (χ1n) is 6.66. The summed E-state index contributed by atoms with van der Waals surface area (Å²) in [6, 6.07) is 0.